The summed E-state index contributed by atoms with van der Waals surface area (Å²) in [7, 11) is 0. The summed E-state index contributed by atoms with van der Waals surface area (Å²) in [4.78, 5) is 38.3. The highest BCUT2D eigenvalue weighted by Crippen LogP contribution is 2.40. The Morgan fingerprint density at radius 3 is 2.75 bits per heavy atom. The third-order valence-corrected chi connectivity index (χ3v) is 7.15. The Morgan fingerprint density at radius 2 is 1.95 bits per heavy atom. The number of aromatic nitrogens is 5. The largest absolute Gasteiger partial charge is 0.423 e. The maximum absolute atomic E-state index is 15.6. The molecular formula is C29H22FN7O3. The van der Waals surface area contributed by atoms with Crippen molar-refractivity contribution in [3.63, 3.8) is 0 Å². The Kier molecular flexibility index (Phi) is 5.27. The van der Waals surface area contributed by atoms with Crippen molar-refractivity contribution in [1.29, 1.82) is 0 Å². The maximum Gasteiger partial charge on any atom is 0.423 e. The van der Waals surface area contributed by atoms with Crippen LogP contribution < -0.4 is 16.8 Å². The Bertz CT molecular complexity index is 2040. The number of anilines is 2. The lowest BCUT2D eigenvalue weighted by Crippen LogP contribution is -2.13. The fourth-order valence-electron chi connectivity index (χ4n) is 4.98. The van der Waals surface area contributed by atoms with Gasteiger partial charge in [0.15, 0.2) is 0 Å². The number of halogens is 1. The molecule has 7 rings (SSSR count). The number of nitrogens with one attached hydrogen (secondary N) is 1. The second-order valence-electron chi connectivity index (χ2n) is 9.81. The number of aryl methyl sites for hydroxylation is 1. The first-order chi connectivity index (χ1) is 19.4. The molecule has 0 atom stereocenters. The summed E-state index contributed by atoms with van der Waals surface area (Å²) < 4.78 is 23.9. The zero-order valence-electron chi connectivity index (χ0n) is 21.3. The molecule has 11 heteroatoms. The van der Waals surface area contributed by atoms with Gasteiger partial charge >= 0.3 is 5.76 Å². The first-order valence-corrected chi connectivity index (χ1v) is 12.7. The molecule has 5 heterocycles. The van der Waals surface area contributed by atoms with E-state index in [-0.39, 0.29) is 22.6 Å². The van der Waals surface area contributed by atoms with E-state index in [4.69, 9.17) is 15.1 Å². The number of benzene rings is 1. The summed E-state index contributed by atoms with van der Waals surface area (Å²) >= 11 is 0. The summed E-state index contributed by atoms with van der Waals surface area (Å²) in [6.45, 7) is 1.71. The highest BCUT2D eigenvalue weighted by Gasteiger charge is 2.24. The molecule has 0 radical (unpaired) electrons. The molecule has 6 aromatic rings. The molecule has 3 N–H and O–H groups in total. The Labute approximate surface area is 225 Å². The molecule has 1 amide bonds. The Morgan fingerprint density at radius 1 is 1.10 bits per heavy atom. The number of nitrogens with zero attached hydrogens (tertiary/aromatic N) is 5. The van der Waals surface area contributed by atoms with E-state index >= 15 is 4.39 Å². The van der Waals surface area contributed by atoms with E-state index in [9.17, 15) is 9.59 Å². The van der Waals surface area contributed by atoms with Crippen LogP contribution in [-0.2, 0) is 0 Å². The second-order valence-corrected chi connectivity index (χ2v) is 9.81. The number of fused-ring (bicyclic) bond motifs is 2. The van der Waals surface area contributed by atoms with Gasteiger partial charge < -0.3 is 15.5 Å². The molecule has 0 bridgehead atoms. The van der Waals surface area contributed by atoms with Crippen LogP contribution >= 0.6 is 0 Å². The van der Waals surface area contributed by atoms with E-state index < -0.39 is 17.5 Å². The molecule has 1 aliphatic rings. The fraction of sp³-hybridized carbons (Fsp3) is 0.138. The Balaban J connectivity index is 1.27. The van der Waals surface area contributed by atoms with Crippen molar-refractivity contribution in [2.45, 2.75) is 25.7 Å². The van der Waals surface area contributed by atoms with Crippen LogP contribution in [0.5, 0.6) is 0 Å². The van der Waals surface area contributed by atoms with E-state index in [1.54, 1.807) is 42.0 Å². The predicted octanol–water partition coefficient (Wildman–Crippen LogP) is 4.82. The molecule has 0 aliphatic heterocycles. The number of amides is 1. The third kappa shape index (κ3) is 3.90. The average Bonchev–Trinajstić information content (AvgIpc) is 3.67. The van der Waals surface area contributed by atoms with Gasteiger partial charge in [-0.05, 0) is 73.7 Å². The molecule has 0 unspecified atom stereocenters. The van der Waals surface area contributed by atoms with E-state index in [0.717, 1.165) is 24.5 Å². The predicted molar refractivity (Wildman–Crippen MR) is 147 cm³/mol. The van der Waals surface area contributed by atoms with Gasteiger partial charge in [0.05, 0.1) is 5.52 Å². The summed E-state index contributed by atoms with van der Waals surface area (Å²) in [5, 5.41) is 2.75. The zero-order chi connectivity index (χ0) is 27.5. The van der Waals surface area contributed by atoms with E-state index in [0.29, 0.717) is 39.9 Å². The number of nitrogen functional groups attached to an aromatic ring is 1. The number of pyridine rings is 2. The summed E-state index contributed by atoms with van der Waals surface area (Å²) in [5.74, 6) is 0.356. The normalized spacial score (nSPS) is 13.2. The number of nitrogens with two attached hydrogens (primary N) is 1. The number of hydrogen-bond donors (Lipinski definition) is 2. The lowest BCUT2D eigenvalue weighted by molar-refractivity contribution is 0.102. The molecule has 1 fully saturated rings. The van der Waals surface area contributed by atoms with Crippen molar-refractivity contribution >= 4 is 28.6 Å². The standard InChI is InChI=1S/C29H22FN7O3/c1-15-22-7-5-19(14-37(22)29(39)40-15)27-35-24(25-26(31)33-10-11-36(25)27)20-6-4-18(12-21(20)30)28(38)34-23-13-17(8-9-32-23)16-2-3-16/h4-14,16H,2-3H2,1H3,(H2,31,33)(H,32,34,38). The summed E-state index contributed by atoms with van der Waals surface area (Å²) in [5.41, 5.74) is 9.49. The van der Waals surface area contributed by atoms with Crippen molar-refractivity contribution < 1.29 is 13.6 Å². The molecule has 0 saturated heterocycles. The molecule has 1 aliphatic carbocycles. The van der Waals surface area contributed by atoms with Gasteiger partial charge in [-0.25, -0.2) is 28.5 Å². The van der Waals surface area contributed by atoms with Crippen molar-refractivity contribution in [3.8, 4) is 22.6 Å². The number of imidazole rings is 1. The van der Waals surface area contributed by atoms with Crippen LogP contribution in [0.2, 0.25) is 0 Å². The van der Waals surface area contributed by atoms with Crippen LogP contribution in [0.25, 0.3) is 33.7 Å². The maximum atomic E-state index is 15.6. The van der Waals surface area contributed by atoms with Gasteiger partial charge in [0.2, 0.25) is 0 Å². The van der Waals surface area contributed by atoms with Gasteiger partial charge in [0, 0.05) is 41.5 Å². The van der Waals surface area contributed by atoms with Crippen LogP contribution in [0.1, 0.15) is 40.4 Å². The molecular weight excluding hydrogens is 513 g/mol. The van der Waals surface area contributed by atoms with Gasteiger partial charge in [-0.1, -0.05) is 0 Å². The van der Waals surface area contributed by atoms with Crippen LogP contribution in [0.3, 0.4) is 0 Å². The van der Waals surface area contributed by atoms with Crippen molar-refractivity contribution in [2.75, 3.05) is 11.1 Å². The van der Waals surface area contributed by atoms with Crippen molar-refractivity contribution in [3.05, 3.63) is 101 Å². The first-order valence-electron chi connectivity index (χ1n) is 12.7. The highest BCUT2D eigenvalue weighted by molar-refractivity contribution is 6.04. The number of rotatable bonds is 5. The molecule has 1 aromatic carbocycles. The number of carbonyl (C=O) groups excluding carboxylic acids is 1. The fourth-order valence-corrected chi connectivity index (χ4v) is 4.98. The van der Waals surface area contributed by atoms with Crippen LogP contribution in [-0.4, -0.2) is 29.7 Å². The van der Waals surface area contributed by atoms with Crippen LogP contribution in [0.4, 0.5) is 16.0 Å². The number of hydrogen-bond acceptors (Lipinski definition) is 7. The van der Waals surface area contributed by atoms with Crippen LogP contribution in [0, 0.1) is 12.7 Å². The monoisotopic (exact) mass is 535 g/mol. The molecule has 1 saturated carbocycles. The molecule has 5 aromatic heterocycles. The van der Waals surface area contributed by atoms with E-state index in [2.05, 4.69) is 15.3 Å². The van der Waals surface area contributed by atoms with Gasteiger partial charge in [-0.15, -0.1) is 0 Å². The van der Waals surface area contributed by atoms with Gasteiger partial charge in [0.25, 0.3) is 5.91 Å². The first kappa shape index (κ1) is 23.8. The van der Waals surface area contributed by atoms with E-state index in [1.165, 1.54) is 22.7 Å². The number of oxazole rings is 1. The second kappa shape index (κ2) is 8.87. The molecule has 40 heavy (non-hydrogen) atoms. The molecule has 198 valence electrons. The highest BCUT2D eigenvalue weighted by atomic mass is 19.1. The summed E-state index contributed by atoms with van der Waals surface area (Å²) in [6.07, 6.45) is 8.71. The SMILES string of the molecule is Cc1oc(=O)n2cc(-c3nc(-c4ccc(C(=O)Nc5cc(C6CC6)ccn5)cc4F)c4c(N)nccn34)ccc12. The van der Waals surface area contributed by atoms with Gasteiger partial charge in [0.1, 0.15) is 40.2 Å². The topological polar surface area (TPSA) is 133 Å². The van der Waals surface area contributed by atoms with Gasteiger partial charge in [-0.2, -0.15) is 0 Å². The smallest absolute Gasteiger partial charge is 0.412 e. The Hall–Kier alpha value is -5.32. The minimum atomic E-state index is -0.653. The average molecular weight is 536 g/mol. The minimum absolute atomic E-state index is 0.134. The van der Waals surface area contributed by atoms with E-state index in [1.807, 2.05) is 12.1 Å². The lowest BCUT2D eigenvalue weighted by Gasteiger charge is -2.08. The zero-order valence-corrected chi connectivity index (χ0v) is 21.3. The number of carbonyl (C=O) groups is 1. The molecule has 10 nitrogen and oxygen atoms in total. The van der Waals surface area contributed by atoms with Crippen molar-refractivity contribution in [1.82, 2.24) is 23.8 Å². The quantitative estimate of drug-likeness (QED) is 0.323. The summed E-state index contributed by atoms with van der Waals surface area (Å²) in [6, 6.07) is 11.5. The minimum Gasteiger partial charge on any atom is -0.412 e. The van der Waals surface area contributed by atoms with Gasteiger partial charge in [-0.3, -0.25) is 9.20 Å². The van der Waals surface area contributed by atoms with Crippen LogP contribution in [0.15, 0.2) is 76.5 Å². The lowest BCUT2D eigenvalue weighted by atomic mass is 10.1. The third-order valence-electron chi connectivity index (χ3n) is 7.15. The molecule has 0 spiro atoms. The van der Waals surface area contributed by atoms with Crippen molar-refractivity contribution in [2.24, 2.45) is 0 Å².